The number of carbonyl (C=O) groups excluding carboxylic acids is 1. The van der Waals surface area contributed by atoms with Crippen LogP contribution in [0.4, 0.5) is 9.52 Å². The third-order valence-electron chi connectivity index (χ3n) is 3.88. The van der Waals surface area contributed by atoms with Crippen LogP contribution in [-0.2, 0) is 4.79 Å². The number of hydrogen-bond donors (Lipinski definition) is 1. The lowest BCUT2D eigenvalue weighted by Crippen LogP contribution is -2.14. The van der Waals surface area contributed by atoms with E-state index in [9.17, 15) is 9.18 Å². The lowest BCUT2D eigenvalue weighted by Gasteiger charge is -2.02. The van der Waals surface area contributed by atoms with Crippen molar-refractivity contribution < 1.29 is 9.18 Å². The lowest BCUT2D eigenvalue weighted by atomic mass is 10.2. The van der Waals surface area contributed by atoms with Gasteiger partial charge in [-0.3, -0.25) is 10.1 Å². The van der Waals surface area contributed by atoms with Crippen LogP contribution in [0.5, 0.6) is 0 Å². The van der Waals surface area contributed by atoms with Crippen molar-refractivity contribution in [1.82, 2.24) is 25.4 Å². The Bertz CT molecular complexity index is 1170. The van der Waals surface area contributed by atoms with Crippen LogP contribution in [0.3, 0.4) is 0 Å². The molecule has 0 unspecified atom stereocenters. The zero-order valence-corrected chi connectivity index (χ0v) is 18.4. The number of thioether (sulfide) groups is 1. The van der Waals surface area contributed by atoms with Crippen molar-refractivity contribution in [3.8, 4) is 21.1 Å². The summed E-state index contributed by atoms with van der Waals surface area (Å²) in [6.45, 7) is 3.73. The highest BCUT2D eigenvalue weighted by atomic mass is 32.2. The quantitative estimate of drug-likeness (QED) is 0.422. The smallest absolute Gasteiger partial charge is 0.236 e. The number of halogens is 1. The fourth-order valence-corrected chi connectivity index (χ4v) is 4.77. The Hall–Kier alpha value is -2.76. The number of amides is 1. The number of rotatable bonds is 6. The van der Waals surface area contributed by atoms with Gasteiger partial charge in [-0.05, 0) is 50.2 Å². The van der Waals surface area contributed by atoms with E-state index in [-0.39, 0.29) is 17.5 Å². The fraction of sp³-hybridized carbons (Fsp3) is 0.158. The zero-order valence-electron chi connectivity index (χ0n) is 15.9. The number of benzene rings is 1. The molecule has 3 aromatic heterocycles. The summed E-state index contributed by atoms with van der Waals surface area (Å²) in [5, 5.41) is 21.6. The van der Waals surface area contributed by atoms with Crippen LogP contribution in [0.2, 0.25) is 0 Å². The monoisotopic (exact) mass is 458 g/mol. The largest absolute Gasteiger partial charge is 0.300 e. The standard InChI is InChI=1S/C19H15FN6OS3/c1-10-17(30-18(21-10)12-3-5-13(20)6-4-12)14-7-8-16(25-24-14)28-9-15(27)22-19-26-23-11(2)29-19/h3-8H,9H2,1-2H3,(H,22,26,27). The van der Waals surface area contributed by atoms with E-state index in [1.165, 1.54) is 46.6 Å². The Balaban J connectivity index is 1.41. The molecule has 0 aliphatic carbocycles. The van der Waals surface area contributed by atoms with Gasteiger partial charge in [0.1, 0.15) is 26.6 Å². The predicted octanol–water partition coefficient (Wildman–Crippen LogP) is 4.61. The summed E-state index contributed by atoms with van der Waals surface area (Å²) in [4.78, 5) is 17.5. The van der Waals surface area contributed by atoms with Gasteiger partial charge in [0.05, 0.1) is 16.3 Å². The molecule has 4 aromatic rings. The van der Waals surface area contributed by atoms with E-state index in [2.05, 4.69) is 30.7 Å². The molecular weight excluding hydrogens is 443 g/mol. The van der Waals surface area contributed by atoms with Crippen LogP contribution in [-0.4, -0.2) is 37.0 Å². The van der Waals surface area contributed by atoms with Crippen LogP contribution < -0.4 is 5.32 Å². The summed E-state index contributed by atoms with van der Waals surface area (Å²) < 4.78 is 13.1. The van der Waals surface area contributed by atoms with Crippen molar-refractivity contribution in [2.75, 3.05) is 11.1 Å². The average molecular weight is 459 g/mol. The van der Waals surface area contributed by atoms with Crippen molar-refractivity contribution in [3.63, 3.8) is 0 Å². The van der Waals surface area contributed by atoms with Crippen LogP contribution in [0.15, 0.2) is 41.4 Å². The highest BCUT2D eigenvalue weighted by Crippen LogP contribution is 2.34. The van der Waals surface area contributed by atoms with Gasteiger partial charge in [0.2, 0.25) is 11.0 Å². The molecule has 0 saturated carbocycles. The molecule has 152 valence electrons. The molecule has 0 aliphatic rings. The molecule has 1 amide bonds. The number of thiazole rings is 1. The second-order valence-electron chi connectivity index (χ2n) is 6.16. The molecule has 0 radical (unpaired) electrons. The predicted molar refractivity (Wildman–Crippen MR) is 117 cm³/mol. The Labute approximate surface area is 183 Å². The van der Waals surface area contributed by atoms with Crippen LogP contribution >= 0.6 is 34.4 Å². The van der Waals surface area contributed by atoms with Crippen molar-refractivity contribution in [2.24, 2.45) is 0 Å². The number of hydrogen-bond acceptors (Lipinski definition) is 9. The van der Waals surface area contributed by atoms with Gasteiger partial charge in [-0.25, -0.2) is 9.37 Å². The number of anilines is 1. The number of carbonyl (C=O) groups is 1. The van der Waals surface area contributed by atoms with E-state index >= 15 is 0 Å². The molecule has 0 spiro atoms. The molecule has 0 fully saturated rings. The Morgan fingerprint density at radius 3 is 2.50 bits per heavy atom. The Morgan fingerprint density at radius 2 is 1.83 bits per heavy atom. The highest BCUT2D eigenvalue weighted by molar-refractivity contribution is 7.99. The van der Waals surface area contributed by atoms with Crippen LogP contribution in [0, 0.1) is 19.7 Å². The molecular formula is C19H15FN6OS3. The molecule has 11 heteroatoms. The van der Waals surface area contributed by atoms with E-state index < -0.39 is 0 Å². The van der Waals surface area contributed by atoms with Crippen LogP contribution in [0.25, 0.3) is 21.1 Å². The van der Waals surface area contributed by atoms with Gasteiger partial charge >= 0.3 is 0 Å². The first kappa shape index (κ1) is 20.5. The number of aromatic nitrogens is 5. The number of nitrogens with zero attached hydrogens (tertiary/aromatic N) is 5. The van der Waals surface area contributed by atoms with Crippen molar-refractivity contribution in [1.29, 1.82) is 0 Å². The Kier molecular flexibility index (Phi) is 6.11. The van der Waals surface area contributed by atoms with E-state index in [1.54, 1.807) is 12.1 Å². The maximum Gasteiger partial charge on any atom is 0.236 e. The van der Waals surface area contributed by atoms with Crippen molar-refractivity contribution in [3.05, 3.63) is 52.9 Å². The first-order valence-corrected chi connectivity index (χ1v) is 11.4. The van der Waals surface area contributed by atoms with E-state index in [0.717, 1.165) is 26.1 Å². The molecule has 0 aliphatic heterocycles. The minimum Gasteiger partial charge on any atom is -0.300 e. The van der Waals surface area contributed by atoms with Crippen molar-refractivity contribution in [2.45, 2.75) is 18.9 Å². The summed E-state index contributed by atoms with van der Waals surface area (Å²) in [7, 11) is 0. The second kappa shape index (κ2) is 8.94. The molecule has 0 bridgehead atoms. The second-order valence-corrected chi connectivity index (χ2v) is 9.34. The van der Waals surface area contributed by atoms with Gasteiger partial charge in [0.25, 0.3) is 0 Å². The average Bonchev–Trinajstić information content (AvgIpc) is 3.32. The zero-order chi connectivity index (χ0) is 21.1. The summed E-state index contributed by atoms with van der Waals surface area (Å²) >= 11 is 4.09. The normalized spacial score (nSPS) is 10.9. The van der Waals surface area contributed by atoms with Crippen LogP contribution in [0.1, 0.15) is 10.7 Å². The highest BCUT2D eigenvalue weighted by Gasteiger charge is 2.14. The Morgan fingerprint density at radius 1 is 1.03 bits per heavy atom. The maximum absolute atomic E-state index is 13.1. The molecule has 7 nitrogen and oxygen atoms in total. The van der Waals surface area contributed by atoms with Gasteiger partial charge in [-0.15, -0.1) is 31.7 Å². The fourth-order valence-electron chi connectivity index (χ4n) is 2.51. The first-order chi connectivity index (χ1) is 14.5. The summed E-state index contributed by atoms with van der Waals surface area (Å²) in [5.41, 5.74) is 2.39. The topological polar surface area (TPSA) is 93.6 Å². The SMILES string of the molecule is Cc1nnc(NC(=O)CSc2ccc(-c3sc(-c4ccc(F)cc4)nc3C)nn2)s1. The van der Waals surface area contributed by atoms with Gasteiger partial charge in [0.15, 0.2) is 0 Å². The molecule has 1 aromatic carbocycles. The van der Waals surface area contributed by atoms with Gasteiger partial charge in [-0.1, -0.05) is 23.1 Å². The van der Waals surface area contributed by atoms with Gasteiger partial charge in [0, 0.05) is 5.56 Å². The molecule has 4 rings (SSSR count). The van der Waals surface area contributed by atoms with E-state index in [4.69, 9.17) is 0 Å². The van der Waals surface area contributed by atoms with Crippen molar-refractivity contribution >= 4 is 45.5 Å². The minimum absolute atomic E-state index is 0.177. The first-order valence-electron chi connectivity index (χ1n) is 8.78. The van der Waals surface area contributed by atoms with E-state index in [1.807, 2.05) is 26.0 Å². The lowest BCUT2D eigenvalue weighted by molar-refractivity contribution is -0.113. The minimum atomic E-state index is -0.279. The van der Waals surface area contributed by atoms with Gasteiger partial charge < -0.3 is 0 Å². The molecule has 0 atom stereocenters. The van der Waals surface area contributed by atoms with Gasteiger partial charge in [-0.2, -0.15) is 0 Å². The maximum atomic E-state index is 13.1. The molecule has 1 N–H and O–H groups in total. The third-order valence-corrected chi connectivity index (χ3v) is 6.79. The summed E-state index contributed by atoms with van der Waals surface area (Å²) in [5.74, 6) is -0.261. The summed E-state index contributed by atoms with van der Waals surface area (Å²) in [6, 6.07) is 9.93. The molecule has 0 saturated heterocycles. The summed E-state index contributed by atoms with van der Waals surface area (Å²) in [6.07, 6.45) is 0. The molecule has 3 heterocycles. The van der Waals surface area contributed by atoms with E-state index in [0.29, 0.717) is 15.9 Å². The molecule has 30 heavy (non-hydrogen) atoms. The number of nitrogens with one attached hydrogen (secondary N) is 1. The number of aryl methyl sites for hydroxylation is 2. The third kappa shape index (κ3) is 4.86.